The van der Waals surface area contributed by atoms with Crippen molar-refractivity contribution in [3.63, 3.8) is 0 Å². The van der Waals surface area contributed by atoms with Gasteiger partial charge >= 0.3 is 39.5 Å². The van der Waals surface area contributed by atoms with E-state index in [1.165, 1.54) is 218 Å². The molecule has 0 radical (unpaired) electrons. The standard InChI is InChI=1S/C78H152O17P2/c1-7-10-12-14-16-18-19-20-28-31-38-44-50-56-62-77(82)94-73(66-88-75(80)60-54-48-42-17-15-13-11-8-2)68-92-96(84,85)90-64-72(79)65-91-97(86,87)93-69-74(67-89-76(81)61-55-49-43-37-34-33-36-41-47-53-59-71(6)9-3)95-78(83)63-57-51-45-39-32-29-26-24-22-21-23-25-27-30-35-40-46-52-58-70(4)5/h70-74,79H,7-69H2,1-6H3,(H,84,85)(H,86,87)/t71?,72-,73+,74+/m0/s1. The molecule has 3 N–H and O–H groups in total. The molecule has 0 bridgehead atoms. The number of aliphatic hydroxyl groups is 1. The first kappa shape index (κ1) is 95.1. The van der Waals surface area contributed by atoms with E-state index < -0.39 is 97.5 Å². The summed E-state index contributed by atoms with van der Waals surface area (Å²) < 4.78 is 68.5. The highest BCUT2D eigenvalue weighted by molar-refractivity contribution is 7.47. The van der Waals surface area contributed by atoms with Crippen LogP contribution in [-0.2, 0) is 65.4 Å². The van der Waals surface area contributed by atoms with Crippen LogP contribution in [0.1, 0.15) is 408 Å². The van der Waals surface area contributed by atoms with E-state index in [-0.39, 0.29) is 25.7 Å². The molecule has 0 fully saturated rings. The Kier molecular flexibility index (Phi) is 68.4. The molecule has 0 aliphatic rings. The zero-order valence-corrected chi connectivity index (χ0v) is 65.2. The summed E-state index contributed by atoms with van der Waals surface area (Å²) in [6.45, 7) is 9.65. The molecular formula is C78H152O17P2. The quantitative estimate of drug-likeness (QED) is 0.0222. The van der Waals surface area contributed by atoms with E-state index in [0.717, 1.165) is 108 Å². The number of aliphatic hydroxyl groups excluding tert-OH is 1. The third-order valence-corrected chi connectivity index (χ3v) is 20.5. The van der Waals surface area contributed by atoms with Crippen molar-refractivity contribution in [3.8, 4) is 0 Å². The molecule has 0 aromatic carbocycles. The van der Waals surface area contributed by atoms with Crippen molar-refractivity contribution in [2.75, 3.05) is 39.6 Å². The van der Waals surface area contributed by atoms with Crippen molar-refractivity contribution in [1.82, 2.24) is 0 Å². The fourth-order valence-electron chi connectivity index (χ4n) is 12.0. The van der Waals surface area contributed by atoms with Crippen LogP contribution in [0.4, 0.5) is 0 Å². The van der Waals surface area contributed by atoms with Crippen LogP contribution in [0.25, 0.3) is 0 Å². The van der Waals surface area contributed by atoms with Crippen molar-refractivity contribution in [2.24, 2.45) is 11.8 Å². The van der Waals surface area contributed by atoms with Gasteiger partial charge in [-0.1, -0.05) is 356 Å². The third-order valence-electron chi connectivity index (χ3n) is 18.6. The second-order valence-corrected chi connectivity index (χ2v) is 31.7. The second kappa shape index (κ2) is 69.8. The van der Waals surface area contributed by atoms with Gasteiger partial charge in [0.05, 0.1) is 26.4 Å². The number of ether oxygens (including phenoxy) is 4. The predicted octanol–water partition coefficient (Wildman–Crippen LogP) is 23.1. The lowest BCUT2D eigenvalue weighted by Gasteiger charge is -2.21. The first-order chi connectivity index (χ1) is 46.9. The molecule has 19 heteroatoms. The lowest BCUT2D eigenvalue weighted by molar-refractivity contribution is -0.161. The molecule has 0 aromatic heterocycles. The van der Waals surface area contributed by atoms with Crippen LogP contribution in [0, 0.1) is 11.8 Å². The number of phosphoric acid groups is 2. The van der Waals surface area contributed by atoms with Gasteiger partial charge in [0, 0.05) is 25.7 Å². The van der Waals surface area contributed by atoms with Crippen molar-refractivity contribution >= 4 is 39.5 Å². The topological polar surface area (TPSA) is 237 Å². The Morgan fingerprint density at radius 3 is 0.784 bits per heavy atom. The second-order valence-electron chi connectivity index (χ2n) is 28.8. The molecule has 0 aliphatic carbocycles. The lowest BCUT2D eigenvalue weighted by Crippen LogP contribution is -2.30. The maximum Gasteiger partial charge on any atom is 0.472 e. The molecule has 576 valence electrons. The summed E-state index contributed by atoms with van der Waals surface area (Å²) in [6, 6.07) is 0. The highest BCUT2D eigenvalue weighted by Gasteiger charge is 2.30. The Morgan fingerprint density at radius 2 is 0.526 bits per heavy atom. The van der Waals surface area contributed by atoms with Gasteiger partial charge in [0.25, 0.3) is 0 Å². The number of carbonyl (C=O) groups is 4. The first-order valence-corrected chi connectivity index (χ1v) is 43.5. The number of unbranched alkanes of at least 4 members (excludes halogenated alkanes) is 46. The Morgan fingerprint density at radius 1 is 0.299 bits per heavy atom. The molecule has 6 atom stereocenters. The number of hydrogen-bond acceptors (Lipinski definition) is 15. The van der Waals surface area contributed by atoms with Crippen LogP contribution in [0.15, 0.2) is 0 Å². The average molecular weight is 1420 g/mol. The van der Waals surface area contributed by atoms with E-state index in [9.17, 15) is 43.2 Å². The zero-order chi connectivity index (χ0) is 71.4. The molecular weight excluding hydrogens is 1270 g/mol. The van der Waals surface area contributed by atoms with Crippen molar-refractivity contribution < 1.29 is 80.2 Å². The molecule has 3 unspecified atom stereocenters. The Bertz CT molecular complexity index is 1870. The van der Waals surface area contributed by atoms with Crippen LogP contribution in [0.2, 0.25) is 0 Å². The molecule has 0 rings (SSSR count). The van der Waals surface area contributed by atoms with E-state index in [0.29, 0.717) is 25.7 Å². The molecule has 0 amide bonds. The molecule has 0 saturated carbocycles. The molecule has 17 nitrogen and oxygen atoms in total. The van der Waals surface area contributed by atoms with E-state index >= 15 is 0 Å². The average Bonchev–Trinajstić information content (AvgIpc) is 1.07. The van der Waals surface area contributed by atoms with Gasteiger partial charge in [0.1, 0.15) is 19.3 Å². The lowest BCUT2D eigenvalue weighted by atomic mass is 9.99. The minimum Gasteiger partial charge on any atom is -0.462 e. The molecule has 0 aromatic rings. The summed E-state index contributed by atoms with van der Waals surface area (Å²) in [7, 11) is -9.91. The van der Waals surface area contributed by atoms with Crippen molar-refractivity contribution in [1.29, 1.82) is 0 Å². The number of carbonyl (C=O) groups excluding carboxylic acids is 4. The van der Waals surface area contributed by atoms with Gasteiger partial charge in [-0.15, -0.1) is 0 Å². The van der Waals surface area contributed by atoms with Gasteiger partial charge in [-0.25, -0.2) is 9.13 Å². The van der Waals surface area contributed by atoms with Gasteiger partial charge in [-0.2, -0.15) is 0 Å². The highest BCUT2D eigenvalue weighted by Crippen LogP contribution is 2.45. The van der Waals surface area contributed by atoms with Gasteiger partial charge < -0.3 is 33.8 Å². The Hall–Kier alpha value is -1.94. The fourth-order valence-corrected chi connectivity index (χ4v) is 13.6. The minimum atomic E-state index is -4.96. The maximum absolute atomic E-state index is 13.1. The molecule has 0 heterocycles. The minimum absolute atomic E-state index is 0.108. The monoisotopic (exact) mass is 1420 g/mol. The summed E-state index contributed by atoms with van der Waals surface area (Å²) in [6.07, 6.45) is 58.2. The summed E-state index contributed by atoms with van der Waals surface area (Å²) in [4.78, 5) is 72.8. The van der Waals surface area contributed by atoms with Crippen LogP contribution >= 0.6 is 15.6 Å². The summed E-state index contributed by atoms with van der Waals surface area (Å²) >= 11 is 0. The Balaban J connectivity index is 5.19. The predicted molar refractivity (Wildman–Crippen MR) is 395 cm³/mol. The van der Waals surface area contributed by atoms with Gasteiger partial charge in [0.15, 0.2) is 12.2 Å². The number of esters is 4. The maximum atomic E-state index is 13.1. The van der Waals surface area contributed by atoms with E-state index in [2.05, 4.69) is 41.5 Å². The zero-order valence-electron chi connectivity index (χ0n) is 63.4. The van der Waals surface area contributed by atoms with Gasteiger partial charge in [-0.3, -0.25) is 37.3 Å². The van der Waals surface area contributed by atoms with Crippen molar-refractivity contribution in [3.05, 3.63) is 0 Å². The summed E-state index contributed by atoms with van der Waals surface area (Å²) in [5.74, 6) is -0.485. The van der Waals surface area contributed by atoms with Gasteiger partial charge in [0.2, 0.25) is 0 Å². The molecule has 0 saturated heterocycles. The largest absolute Gasteiger partial charge is 0.472 e. The van der Waals surface area contributed by atoms with E-state index in [1.807, 2.05) is 0 Å². The van der Waals surface area contributed by atoms with Crippen molar-refractivity contribution in [2.45, 2.75) is 426 Å². The molecule has 0 spiro atoms. The van der Waals surface area contributed by atoms with Crippen LogP contribution in [0.3, 0.4) is 0 Å². The van der Waals surface area contributed by atoms with Gasteiger partial charge in [-0.05, 0) is 37.5 Å². The van der Waals surface area contributed by atoms with E-state index in [4.69, 9.17) is 37.0 Å². The number of rotatable bonds is 77. The normalized spacial score (nSPS) is 14.2. The van der Waals surface area contributed by atoms with Crippen LogP contribution in [0.5, 0.6) is 0 Å². The molecule has 0 aliphatic heterocycles. The van der Waals surface area contributed by atoms with E-state index in [1.54, 1.807) is 0 Å². The third kappa shape index (κ3) is 70.9. The SMILES string of the molecule is CCCCCCCCCCCCCCCCC(=O)O[C@H](COC(=O)CCCCCCCCCC)COP(=O)(O)OC[C@H](O)COP(=O)(O)OC[C@@H](COC(=O)CCCCCCCCCCCCC(C)CC)OC(=O)CCCCCCCCCCCCCCCCCCCCC(C)C. The fraction of sp³-hybridized carbons (Fsp3) is 0.949. The number of phosphoric ester groups is 2. The first-order valence-electron chi connectivity index (χ1n) is 40.5. The molecule has 97 heavy (non-hydrogen) atoms. The highest BCUT2D eigenvalue weighted by atomic mass is 31.2. The summed E-state index contributed by atoms with van der Waals surface area (Å²) in [5, 5.41) is 10.6. The van der Waals surface area contributed by atoms with Crippen LogP contribution < -0.4 is 0 Å². The van der Waals surface area contributed by atoms with Crippen LogP contribution in [-0.4, -0.2) is 96.7 Å². The smallest absolute Gasteiger partial charge is 0.462 e. The summed E-state index contributed by atoms with van der Waals surface area (Å²) in [5.41, 5.74) is 0. The number of hydrogen-bond donors (Lipinski definition) is 3. The Labute approximate surface area is 594 Å².